The molecule has 1 heterocycles. The molecule has 4 heteroatoms. The summed E-state index contributed by atoms with van der Waals surface area (Å²) < 4.78 is 1.97. The molecular formula is C12H21N3O. The molecule has 0 radical (unpaired) electrons. The summed E-state index contributed by atoms with van der Waals surface area (Å²) >= 11 is 0. The fourth-order valence-corrected chi connectivity index (χ4v) is 1.43. The number of aromatic nitrogens is 1. The summed E-state index contributed by atoms with van der Waals surface area (Å²) in [5.74, 6) is 0.0944. The summed E-state index contributed by atoms with van der Waals surface area (Å²) in [5, 5.41) is 6.11. The Kier molecular flexibility index (Phi) is 5.05. The van der Waals surface area contributed by atoms with Gasteiger partial charge >= 0.3 is 0 Å². The van der Waals surface area contributed by atoms with Gasteiger partial charge in [0.1, 0.15) is 0 Å². The van der Waals surface area contributed by atoms with Crippen molar-refractivity contribution >= 4 is 5.91 Å². The molecule has 1 aromatic heterocycles. The maximum Gasteiger partial charge on any atom is 0.221 e. The number of nitrogens with one attached hydrogen (secondary N) is 2. The van der Waals surface area contributed by atoms with Crippen LogP contribution in [0.3, 0.4) is 0 Å². The van der Waals surface area contributed by atoms with Crippen molar-refractivity contribution in [2.75, 3.05) is 6.54 Å². The molecular weight excluding hydrogens is 202 g/mol. The summed E-state index contributed by atoms with van der Waals surface area (Å²) in [4.78, 5) is 11.4. The van der Waals surface area contributed by atoms with Crippen LogP contribution in [0.25, 0.3) is 0 Å². The van der Waals surface area contributed by atoms with Crippen LogP contribution in [0, 0.1) is 0 Å². The molecule has 0 fully saturated rings. The average Bonchev–Trinajstić information content (AvgIpc) is 2.61. The first-order chi connectivity index (χ1) is 7.58. The van der Waals surface area contributed by atoms with E-state index in [9.17, 15) is 4.79 Å². The van der Waals surface area contributed by atoms with Crippen LogP contribution in [0.15, 0.2) is 18.5 Å². The van der Waals surface area contributed by atoms with Crippen molar-refractivity contribution in [2.45, 2.75) is 32.9 Å². The van der Waals surface area contributed by atoms with E-state index in [4.69, 9.17) is 0 Å². The number of amides is 1. The molecule has 90 valence electrons. The highest BCUT2D eigenvalue weighted by molar-refractivity contribution is 5.76. The third-order valence-corrected chi connectivity index (χ3v) is 2.29. The van der Waals surface area contributed by atoms with E-state index in [1.54, 1.807) is 0 Å². The Morgan fingerprint density at radius 2 is 2.25 bits per heavy atom. The van der Waals surface area contributed by atoms with Crippen LogP contribution in [0.4, 0.5) is 0 Å². The van der Waals surface area contributed by atoms with Gasteiger partial charge in [0.15, 0.2) is 0 Å². The van der Waals surface area contributed by atoms with Crippen LogP contribution in [0.5, 0.6) is 0 Å². The summed E-state index contributed by atoms with van der Waals surface area (Å²) in [6.07, 6.45) is 4.51. The Labute approximate surface area is 97.0 Å². The minimum atomic E-state index is 0.0944. The molecule has 0 saturated carbocycles. The van der Waals surface area contributed by atoms with Gasteiger partial charge in [-0.3, -0.25) is 4.79 Å². The highest BCUT2D eigenvalue weighted by Crippen LogP contribution is 1.98. The zero-order valence-electron chi connectivity index (χ0n) is 10.3. The zero-order valence-corrected chi connectivity index (χ0v) is 10.3. The van der Waals surface area contributed by atoms with Crippen LogP contribution in [0.2, 0.25) is 0 Å². The predicted octanol–water partition coefficient (Wildman–Crippen LogP) is 1.03. The lowest BCUT2D eigenvalue weighted by Gasteiger charge is -2.07. The second kappa shape index (κ2) is 6.33. The van der Waals surface area contributed by atoms with E-state index in [0.29, 0.717) is 19.0 Å². The summed E-state index contributed by atoms with van der Waals surface area (Å²) in [7, 11) is 1.97. The molecule has 0 atom stereocenters. The van der Waals surface area contributed by atoms with E-state index < -0.39 is 0 Å². The molecule has 0 aliphatic heterocycles. The van der Waals surface area contributed by atoms with Crippen LogP contribution in [-0.4, -0.2) is 23.1 Å². The molecule has 0 aromatic carbocycles. The third-order valence-electron chi connectivity index (χ3n) is 2.29. The lowest BCUT2D eigenvalue weighted by molar-refractivity contribution is -0.121. The van der Waals surface area contributed by atoms with E-state index in [1.807, 2.05) is 30.1 Å². The maximum atomic E-state index is 11.4. The minimum Gasteiger partial charge on any atom is -0.357 e. The van der Waals surface area contributed by atoms with Gasteiger partial charge in [0.05, 0.1) is 0 Å². The number of carbonyl (C=O) groups excluding carboxylic acids is 1. The number of carbonyl (C=O) groups is 1. The van der Waals surface area contributed by atoms with Gasteiger partial charge in [0.25, 0.3) is 0 Å². The fourth-order valence-electron chi connectivity index (χ4n) is 1.43. The molecule has 1 aromatic rings. The first-order valence-electron chi connectivity index (χ1n) is 5.69. The van der Waals surface area contributed by atoms with Crippen molar-refractivity contribution < 1.29 is 4.79 Å². The van der Waals surface area contributed by atoms with Crippen molar-refractivity contribution in [3.05, 3.63) is 24.0 Å². The number of hydrogen-bond donors (Lipinski definition) is 2. The number of nitrogens with zero attached hydrogens (tertiary/aromatic N) is 1. The Hall–Kier alpha value is -1.29. The lowest BCUT2D eigenvalue weighted by Crippen LogP contribution is -2.30. The van der Waals surface area contributed by atoms with Crippen molar-refractivity contribution in [1.29, 1.82) is 0 Å². The molecule has 4 nitrogen and oxygen atoms in total. The van der Waals surface area contributed by atoms with Gasteiger partial charge in [-0.15, -0.1) is 0 Å². The zero-order chi connectivity index (χ0) is 12.0. The molecule has 0 aliphatic rings. The van der Waals surface area contributed by atoms with Crippen LogP contribution >= 0.6 is 0 Å². The Morgan fingerprint density at radius 1 is 1.50 bits per heavy atom. The maximum absolute atomic E-state index is 11.4. The highest BCUT2D eigenvalue weighted by Gasteiger charge is 2.02. The number of hydrogen-bond acceptors (Lipinski definition) is 2. The van der Waals surface area contributed by atoms with E-state index in [0.717, 1.165) is 12.1 Å². The molecule has 1 amide bonds. The van der Waals surface area contributed by atoms with Crippen molar-refractivity contribution in [3.63, 3.8) is 0 Å². The average molecular weight is 223 g/mol. The van der Waals surface area contributed by atoms with Crippen molar-refractivity contribution in [3.8, 4) is 0 Å². The van der Waals surface area contributed by atoms with Gasteiger partial charge < -0.3 is 15.2 Å². The summed E-state index contributed by atoms with van der Waals surface area (Å²) in [6, 6.07) is 2.44. The molecule has 16 heavy (non-hydrogen) atoms. The van der Waals surface area contributed by atoms with Gasteiger partial charge in [-0.2, -0.15) is 0 Å². The van der Waals surface area contributed by atoms with Crippen LogP contribution in [0.1, 0.15) is 25.8 Å². The second-order valence-electron chi connectivity index (χ2n) is 4.32. The largest absolute Gasteiger partial charge is 0.357 e. The topological polar surface area (TPSA) is 46.1 Å². The Morgan fingerprint density at radius 3 is 2.81 bits per heavy atom. The molecule has 0 saturated heterocycles. The lowest BCUT2D eigenvalue weighted by atomic mass is 10.3. The quantitative estimate of drug-likeness (QED) is 0.756. The second-order valence-corrected chi connectivity index (χ2v) is 4.32. The smallest absolute Gasteiger partial charge is 0.221 e. The Bertz CT molecular complexity index is 331. The van der Waals surface area contributed by atoms with Crippen molar-refractivity contribution in [1.82, 2.24) is 15.2 Å². The first kappa shape index (κ1) is 12.8. The summed E-state index contributed by atoms with van der Waals surface area (Å²) in [5.41, 5.74) is 1.13. The van der Waals surface area contributed by atoms with E-state index in [2.05, 4.69) is 24.5 Å². The molecule has 1 rings (SSSR count). The van der Waals surface area contributed by atoms with E-state index >= 15 is 0 Å². The Balaban J connectivity index is 2.15. The molecule has 0 spiro atoms. The molecule has 2 N–H and O–H groups in total. The summed E-state index contributed by atoms with van der Waals surface area (Å²) in [6.45, 7) is 5.49. The number of rotatable bonds is 6. The van der Waals surface area contributed by atoms with Gasteiger partial charge in [-0.1, -0.05) is 13.8 Å². The number of aryl methyl sites for hydroxylation is 1. The van der Waals surface area contributed by atoms with E-state index in [-0.39, 0.29) is 5.91 Å². The van der Waals surface area contributed by atoms with Crippen LogP contribution < -0.4 is 10.6 Å². The predicted molar refractivity (Wildman–Crippen MR) is 65.0 cm³/mol. The fraction of sp³-hybridized carbons (Fsp3) is 0.583. The van der Waals surface area contributed by atoms with E-state index in [1.165, 1.54) is 0 Å². The first-order valence-corrected chi connectivity index (χ1v) is 5.69. The molecule has 0 bridgehead atoms. The van der Waals surface area contributed by atoms with Crippen molar-refractivity contribution in [2.24, 2.45) is 7.05 Å². The van der Waals surface area contributed by atoms with Gasteiger partial charge in [0.2, 0.25) is 5.91 Å². The minimum absolute atomic E-state index is 0.0944. The van der Waals surface area contributed by atoms with Gasteiger partial charge in [0, 0.05) is 45.0 Å². The highest BCUT2D eigenvalue weighted by atomic mass is 16.1. The van der Waals surface area contributed by atoms with Crippen LogP contribution in [-0.2, 0) is 18.4 Å². The molecule has 0 aliphatic carbocycles. The third kappa shape index (κ3) is 4.98. The van der Waals surface area contributed by atoms with Gasteiger partial charge in [-0.25, -0.2) is 0 Å². The SMILES string of the molecule is CC(C)NCCC(=O)NCc1ccn(C)c1. The molecule has 0 unspecified atom stereocenters. The standard InChI is InChI=1S/C12H21N3O/c1-10(2)13-6-4-12(16)14-8-11-5-7-15(3)9-11/h5,7,9-10,13H,4,6,8H2,1-3H3,(H,14,16). The monoisotopic (exact) mass is 223 g/mol. The normalized spacial score (nSPS) is 10.8. The van der Waals surface area contributed by atoms with Gasteiger partial charge in [-0.05, 0) is 11.6 Å².